The van der Waals surface area contributed by atoms with Gasteiger partial charge in [0.2, 0.25) is 5.91 Å². The molecule has 1 aliphatic rings. The number of halogens is 3. The fourth-order valence-electron chi connectivity index (χ4n) is 2.25. The second-order valence-corrected chi connectivity index (χ2v) is 6.60. The van der Waals surface area contributed by atoms with Gasteiger partial charge in [-0.1, -0.05) is 53.0 Å². The van der Waals surface area contributed by atoms with E-state index in [1.165, 1.54) is 0 Å². The van der Waals surface area contributed by atoms with Crippen LogP contribution in [0.2, 0.25) is 10.0 Å². The molecule has 1 amide bonds. The topological polar surface area (TPSA) is 32.3 Å². The van der Waals surface area contributed by atoms with E-state index >= 15 is 0 Å². The highest BCUT2D eigenvalue weighted by Gasteiger charge is 2.34. The minimum Gasteiger partial charge on any atom is -0.308 e. The molecule has 0 bridgehead atoms. The van der Waals surface area contributed by atoms with Crippen LogP contribution in [0.5, 0.6) is 0 Å². The first-order valence-corrected chi connectivity index (χ1v) is 7.67. The second-order valence-electron chi connectivity index (χ2n) is 4.87. The number of carbonyl (C=O) groups excluding carboxylic acids is 1. The van der Waals surface area contributed by atoms with Crippen LogP contribution in [0.4, 0.5) is 5.69 Å². The predicted octanol–water partition coefficient (Wildman–Crippen LogP) is 3.86. The van der Waals surface area contributed by atoms with Gasteiger partial charge < -0.3 is 10.2 Å². The summed E-state index contributed by atoms with van der Waals surface area (Å²) in [4.78, 5) is 14.0. The molecule has 0 saturated carbocycles. The zero-order valence-electron chi connectivity index (χ0n) is 10.7. The number of nitrogens with one attached hydrogen (secondary N) is 1. The van der Waals surface area contributed by atoms with Crippen LogP contribution in [0.25, 0.3) is 0 Å². The molecule has 0 aliphatic carbocycles. The molecule has 0 radical (unpaired) electrons. The van der Waals surface area contributed by atoms with E-state index in [0.29, 0.717) is 22.3 Å². The van der Waals surface area contributed by atoms with Crippen LogP contribution in [0.3, 0.4) is 0 Å². The van der Waals surface area contributed by atoms with Gasteiger partial charge >= 0.3 is 0 Å². The van der Waals surface area contributed by atoms with Crippen molar-refractivity contribution in [3.63, 3.8) is 0 Å². The zero-order chi connectivity index (χ0) is 14.2. The third-order valence-electron chi connectivity index (χ3n) is 2.99. The Kier molecular flexibility index (Phi) is 4.77. The van der Waals surface area contributed by atoms with Gasteiger partial charge in [0.25, 0.3) is 0 Å². The summed E-state index contributed by atoms with van der Waals surface area (Å²) in [5, 5.41) is 4.22. The van der Waals surface area contributed by atoms with Crippen molar-refractivity contribution >= 4 is 50.7 Å². The normalized spacial score (nSPS) is 19.6. The number of hydrogen-bond acceptors (Lipinski definition) is 2. The standard InChI is InChI=1S/C13H15BrCl2N2O/c1-7(2)17-11-3-4-18(13(11)19)12-9(15)5-8(14)6-10(12)16/h5-7,11,17H,3-4H2,1-2H3. The number of benzene rings is 1. The molecule has 104 valence electrons. The molecule has 1 atom stereocenters. The second kappa shape index (κ2) is 6.00. The van der Waals surface area contributed by atoms with Crippen LogP contribution < -0.4 is 10.2 Å². The Morgan fingerprint density at radius 3 is 2.47 bits per heavy atom. The van der Waals surface area contributed by atoms with Crippen molar-refractivity contribution in [2.45, 2.75) is 32.4 Å². The quantitative estimate of drug-likeness (QED) is 0.881. The van der Waals surface area contributed by atoms with E-state index in [4.69, 9.17) is 23.2 Å². The highest BCUT2D eigenvalue weighted by atomic mass is 79.9. The van der Waals surface area contributed by atoms with Gasteiger partial charge in [0.15, 0.2) is 0 Å². The lowest BCUT2D eigenvalue weighted by atomic mass is 10.2. The molecule has 2 rings (SSSR count). The molecule has 0 spiro atoms. The fourth-order valence-corrected chi connectivity index (χ4v) is 3.66. The summed E-state index contributed by atoms with van der Waals surface area (Å²) < 4.78 is 0.801. The molecular weight excluding hydrogens is 351 g/mol. The monoisotopic (exact) mass is 364 g/mol. The average Bonchev–Trinajstić information content (AvgIpc) is 2.60. The zero-order valence-corrected chi connectivity index (χ0v) is 13.8. The lowest BCUT2D eigenvalue weighted by molar-refractivity contribution is -0.118. The molecule has 3 nitrogen and oxygen atoms in total. The summed E-state index contributed by atoms with van der Waals surface area (Å²) in [6.07, 6.45) is 0.764. The van der Waals surface area contributed by atoms with Gasteiger partial charge in [-0.25, -0.2) is 0 Å². The fraction of sp³-hybridized carbons (Fsp3) is 0.462. The van der Waals surface area contributed by atoms with Gasteiger partial charge in [0.05, 0.1) is 21.8 Å². The van der Waals surface area contributed by atoms with Crippen LogP contribution in [0.15, 0.2) is 16.6 Å². The van der Waals surface area contributed by atoms with E-state index in [0.717, 1.165) is 10.9 Å². The minimum absolute atomic E-state index is 0.0276. The first-order valence-electron chi connectivity index (χ1n) is 6.12. The van der Waals surface area contributed by atoms with Gasteiger partial charge in [-0.05, 0) is 18.6 Å². The Hall–Kier alpha value is -0.290. The summed E-state index contributed by atoms with van der Waals surface area (Å²) in [7, 11) is 0. The SMILES string of the molecule is CC(C)NC1CCN(c2c(Cl)cc(Br)cc2Cl)C1=O. The van der Waals surface area contributed by atoms with Crippen LogP contribution in [0, 0.1) is 0 Å². The number of nitrogens with zero attached hydrogens (tertiary/aromatic N) is 1. The molecule has 0 aromatic heterocycles. The van der Waals surface area contributed by atoms with Gasteiger partial charge in [0.1, 0.15) is 0 Å². The molecule has 1 N–H and O–H groups in total. The molecule has 1 fully saturated rings. The predicted molar refractivity (Wildman–Crippen MR) is 83.2 cm³/mol. The van der Waals surface area contributed by atoms with E-state index in [-0.39, 0.29) is 18.0 Å². The van der Waals surface area contributed by atoms with Gasteiger partial charge in [-0.15, -0.1) is 0 Å². The molecule has 1 aromatic carbocycles. The van der Waals surface area contributed by atoms with Crippen molar-refractivity contribution < 1.29 is 4.79 Å². The van der Waals surface area contributed by atoms with Crippen molar-refractivity contribution in [2.24, 2.45) is 0 Å². The summed E-state index contributed by atoms with van der Waals surface area (Å²) >= 11 is 15.7. The molecular formula is C13H15BrCl2N2O. The summed E-state index contributed by atoms with van der Waals surface area (Å²) in [6, 6.07) is 3.61. The van der Waals surface area contributed by atoms with Gasteiger partial charge in [0, 0.05) is 17.1 Å². The van der Waals surface area contributed by atoms with Crippen molar-refractivity contribution in [3.8, 4) is 0 Å². The van der Waals surface area contributed by atoms with Crippen molar-refractivity contribution in [1.29, 1.82) is 0 Å². The highest BCUT2D eigenvalue weighted by Crippen LogP contribution is 2.38. The number of hydrogen-bond donors (Lipinski definition) is 1. The van der Waals surface area contributed by atoms with E-state index < -0.39 is 0 Å². The highest BCUT2D eigenvalue weighted by molar-refractivity contribution is 9.10. The van der Waals surface area contributed by atoms with E-state index in [2.05, 4.69) is 21.2 Å². The molecule has 1 heterocycles. The largest absolute Gasteiger partial charge is 0.308 e. The van der Waals surface area contributed by atoms with Crippen LogP contribution in [-0.2, 0) is 4.79 Å². The Bertz CT molecular complexity index is 484. The lowest BCUT2D eigenvalue weighted by Crippen LogP contribution is -2.41. The van der Waals surface area contributed by atoms with Crippen molar-refractivity contribution in [2.75, 3.05) is 11.4 Å². The average molecular weight is 366 g/mol. The van der Waals surface area contributed by atoms with E-state index in [1.807, 2.05) is 13.8 Å². The molecule has 19 heavy (non-hydrogen) atoms. The maximum absolute atomic E-state index is 12.4. The third-order valence-corrected chi connectivity index (χ3v) is 4.03. The Labute approximate surface area is 131 Å². The van der Waals surface area contributed by atoms with Crippen LogP contribution in [0.1, 0.15) is 20.3 Å². The summed E-state index contributed by atoms with van der Waals surface area (Å²) in [5.41, 5.74) is 0.601. The number of anilines is 1. The molecule has 6 heteroatoms. The Morgan fingerprint density at radius 2 is 1.95 bits per heavy atom. The molecule has 1 saturated heterocycles. The number of rotatable bonds is 3. The maximum atomic E-state index is 12.4. The smallest absolute Gasteiger partial charge is 0.244 e. The van der Waals surface area contributed by atoms with Gasteiger partial charge in [-0.3, -0.25) is 4.79 Å². The molecule has 1 aromatic rings. The summed E-state index contributed by atoms with van der Waals surface area (Å²) in [6.45, 7) is 4.68. The molecule has 1 aliphatic heterocycles. The minimum atomic E-state index is -0.157. The van der Waals surface area contributed by atoms with Crippen molar-refractivity contribution in [1.82, 2.24) is 5.32 Å². The van der Waals surface area contributed by atoms with Crippen molar-refractivity contribution in [3.05, 3.63) is 26.7 Å². The summed E-state index contributed by atoms with van der Waals surface area (Å²) in [5.74, 6) is 0.0276. The number of carbonyl (C=O) groups is 1. The van der Waals surface area contributed by atoms with Crippen LogP contribution >= 0.6 is 39.1 Å². The lowest BCUT2D eigenvalue weighted by Gasteiger charge is -2.21. The first-order chi connectivity index (χ1) is 8.90. The Morgan fingerprint density at radius 1 is 1.37 bits per heavy atom. The van der Waals surface area contributed by atoms with Crippen LogP contribution in [-0.4, -0.2) is 24.5 Å². The number of amides is 1. The molecule has 1 unspecified atom stereocenters. The first kappa shape index (κ1) is 15.1. The maximum Gasteiger partial charge on any atom is 0.244 e. The third kappa shape index (κ3) is 3.24. The van der Waals surface area contributed by atoms with E-state index in [1.54, 1.807) is 17.0 Å². The van der Waals surface area contributed by atoms with Gasteiger partial charge in [-0.2, -0.15) is 0 Å². The van der Waals surface area contributed by atoms with E-state index in [9.17, 15) is 4.79 Å². The Balaban J connectivity index is 2.27.